The van der Waals surface area contributed by atoms with Crippen LogP contribution in [0.1, 0.15) is 41.3 Å². The molecular weight excluding hydrogens is 456 g/mol. The minimum atomic E-state index is -0.192. The van der Waals surface area contributed by atoms with Gasteiger partial charge in [-0.1, -0.05) is 12.1 Å². The lowest BCUT2D eigenvalue weighted by molar-refractivity contribution is -0.120. The highest BCUT2D eigenvalue weighted by Gasteiger charge is 2.26. The van der Waals surface area contributed by atoms with Crippen molar-refractivity contribution in [1.82, 2.24) is 10.3 Å². The first-order valence-electron chi connectivity index (χ1n) is 11.6. The third-order valence-corrected chi connectivity index (χ3v) is 6.33. The summed E-state index contributed by atoms with van der Waals surface area (Å²) < 4.78 is 16.4. The van der Waals surface area contributed by atoms with Crippen LogP contribution < -0.4 is 19.5 Å². The molecule has 186 valence electrons. The number of methoxy groups -OCH3 is 3. The Hall–Kier alpha value is -4.10. The molecule has 0 saturated carbocycles. The molecule has 1 aliphatic rings. The van der Waals surface area contributed by atoms with Crippen LogP contribution >= 0.6 is 0 Å². The molecule has 0 fully saturated rings. The number of aromatic nitrogens is 1. The average molecular weight is 487 g/mol. The largest absolute Gasteiger partial charge is 0.497 e. The molecule has 0 aliphatic heterocycles. The first-order chi connectivity index (χ1) is 17.5. The summed E-state index contributed by atoms with van der Waals surface area (Å²) in [6.45, 7) is 2.20. The monoisotopic (exact) mass is 486 g/mol. The number of allylic oxidation sites excluding steroid dienone is 2. The second kappa shape index (κ2) is 11.1. The number of carbonyl (C=O) groups excluding carboxylic acids is 1. The van der Waals surface area contributed by atoms with E-state index in [0.29, 0.717) is 23.6 Å². The molecule has 0 radical (unpaired) electrons. The fourth-order valence-electron chi connectivity index (χ4n) is 4.44. The summed E-state index contributed by atoms with van der Waals surface area (Å²) in [6, 6.07) is 15.3. The molecule has 7 heteroatoms. The summed E-state index contributed by atoms with van der Waals surface area (Å²) >= 11 is 0. The molecule has 4 rings (SSSR count). The van der Waals surface area contributed by atoms with Gasteiger partial charge >= 0.3 is 0 Å². The maximum absolute atomic E-state index is 12.9. The van der Waals surface area contributed by atoms with Crippen molar-refractivity contribution in [3.8, 4) is 17.2 Å². The number of nitrogens with zero attached hydrogens (tertiary/aromatic N) is 1. The summed E-state index contributed by atoms with van der Waals surface area (Å²) in [7, 11) is 4.76. The first kappa shape index (κ1) is 25.0. The van der Waals surface area contributed by atoms with Crippen molar-refractivity contribution in [2.75, 3.05) is 21.3 Å². The standard InChI is InChI=1S/C29H30N2O5/c1-18-23(11-19-12-27(35-3)26(17-32)28(13-19)36-4)22-9-8-21(34-2)14-25(22)24(18)15-29(33)31-16-20-7-5-6-10-30-20/h5-14,32H,15-17H2,1-4H3,(H,31,33)/b23-11-. The van der Waals surface area contributed by atoms with E-state index < -0.39 is 0 Å². The average Bonchev–Trinajstić information content (AvgIpc) is 3.16. The van der Waals surface area contributed by atoms with E-state index in [1.54, 1.807) is 27.5 Å². The van der Waals surface area contributed by atoms with Gasteiger partial charge in [-0.2, -0.15) is 0 Å². The summed E-state index contributed by atoms with van der Waals surface area (Å²) in [6.07, 6.45) is 3.99. The van der Waals surface area contributed by atoms with Crippen molar-refractivity contribution in [2.45, 2.75) is 26.5 Å². The van der Waals surface area contributed by atoms with Gasteiger partial charge in [0.1, 0.15) is 17.2 Å². The summed E-state index contributed by atoms with van der Waals surface area (Å²) in [5.74, 6) is 1.74. The smallest absolute Gasteiger partial charge is 0.224 e. The number of hydrogen-bond donors (Lipinski definition) is 2. The zero-order valence-corrected chi connectivity index (χ0v) is 20.9. The lowest BCUT2D eigenvalue weighted by atomic mass is 9.99. The summed E-state index contributed by atoms with van der Waals surface area (Å²) in [5, 5.41) is 12.7. The Morgan fingerprint density at radius 3 is 2.36 bits per heavy atom. The zero-order chi connectivity index (χ0) is 25.7. The van der Waals surface area contributed by atoms with Crippen LogP contribution in [0.3, 0.4) is 0 Å². The molecule has 1 aliphatic carbocycles. The highest BCUT2D eigenvalue weighted by Crippen LogP contribution is 2.45. The molecule has 0 saturated heterocycles. The number of hydrogen-bond acceptors (Lipinski definition) is 6. The first-order valence-corrected chi connectivity index (χ1v) is 11.6. The lowest BCUT2D eigenvalue weighted by Crippen LogP contribution is -2.23. The van der Waals surface area contributed by atoms with E-state index in [1.165, 1.54) is 0 Å². The van der Waals surface area contributed by atoms with Crippen molar-refractivity contribution in [3.05, 3.63) is 88.2 Å². The number of amides is 1. The van der Waals surface area contributed by atoms with Gasteiger partial charge in [0.2, 0.25) is 5.91 Å². The van der Waals surface area contributed by atoms with Gasteiger partial charge in [0.05, 0.1) is 52.2 Å². The van der Waals surface area contributed by atoms with Crippen LogP contribution in [0, 0.1) is 0 Å². The molecule has 2 N–H and O–H groups in total. The van der Waals surface area contributed by atoms with Gasteiger partial charge < -0.3 is 24.6 Å². The Balaban J connectivity index is 1.71. The number of benzene rings is 2. The van der Waals surface area contributed by atoms with Crippen molar-refractivity contribution in [3.63, 3.8) is 0 Å². The van der Waals surface area contributed by atoms with Gasteiger partial charge in [-0.3, -0.25) is 9.78 Å². The van der Waals surface area contributed by atoms with E-state index in [2.05, 4.69) is 10.3 Å². The van der Waals surface area contributed by atoms with Crippen molar-refractivity contribution in [1.29, 1.82) is 0 Å². The van der Waals surface area contributed by atoms with E-state index in [-0.39, 0.29) is 18.9 Å². The van der Waals surface area contributed by atoms with Crippen LogP contribution in [-0.4, -0.2) is 37.3 Å². The Morgan fingerprint density at radius 2 is 1.75 bits per heavy atom. The Morgan fingerprint density at radius 1 is 1.00 bits per heavy atom. The minimum absolute atomic E-state index is 0.0827. The van der Waals surface area contributed by atoms with Crippen LogP contribution in [0.15, 0.2) is 60.3 Å². The van der Waals surface area contributed by atoms with E-state index in [9.17, 15) is 9.90 Å². The third kappa shape index (κ3) is 5.11. The predicted molar refractivity (Wildman–Crippen MR) is 140 cm³/mol. The molecule has 0 unspecified atom stereocenters. The van der Waals surface area contributed by atoms with Gasteiger partial charge in [-0.25, -0.2) is 0 Å². The molecule has 0 atom stereocenters. The van der Waals surface area contributed by atoms with Crippen molar-refractivity contribution in [2.24, 2.45) is 0 Å². The maximum Gasteiger partial charge on any atom is 0.224 e. The molecule has 0 spiro atoms. The molecule has 36 heavy (non-hydrogen) atoms. The number of rotatable bonds is 9. The molecule has 1 heterocycles. The molecule has 2 aromatic carbocycles. The van der Waals surface area contributed by atoms with E-state index in [1.807, 2.05) is 61.5 Å². The zero-order valence-electron chi connectivity index (χ0n) is 20.9. The third-order valence-electron chi connectivity index (χ3n) is 6.33. The van der Waals surface area contributed by atoms with Crippen LogP contribution in [0.2, 0.25) is 0 Å². The Labute approximate surface area is 211 Å². The quantitative estimate of drug-likeness (QED) is 0.458. The highest BCUT2D eigenvalue weighted by atomic mass is 16.5. The molecule has 0 bridgehead atoms. The normalized spacial score (nSPS) is 13.5. The maximum atomic E-state index is 12.9. The highest BCUT2D eigenvalue weighted by molar-refractivity contribution is 6.08. The summed E-state index contributed by atoms with van der Waals surface area (Å²) in [5.41, 5.74) is 7.20. The van der Waals surface area contributed by atoms with E-state index in [4.69, 9.17) is 14.2 Å². The fourth-order valence-corrected chi connectivity index (χ4v) is 4.44. The van der Waals surface area contributed by atoms with Gasteiger partial charge in [-0.15, -0.1) is 0 Å². The second-order valence-corrected chi connectivity index (χ2v) is 8.41. The number of carbonyl (C=O) groups is 1. The number of pyridine rings is 1. The Kier molecular flexibility index (Phi) is 7.71. The van der Waals surface area contributed by atoms with Crippen LogP contribution in [0.4, 0.5) is 0 Å². The minimum Gasteiger partial charge on any atom is -0.497 e. The van der Waals surface area contributed by atoms with Gasteiger partial charge in [0.25, 0.3) is 0 Å². The molecule has 7 nitrogen and oxygen atoms in total. The van der Waals surface area contributed by atoms with E-state index in [0.717, 1.165) is 44.9 Å². The predicted octanol–water partition coefficient (Wildman–Crippen LogP) is 4.63. The fraction of sp³-hybridized carbons (Fsp3) is 0.241. The van der Waals surface area contributed by atoms with Crippen LogP contribution in [-0.2, 0) is 17.9 Å². The molecule has 1 amide bonds. The number of aliphatic hydroxyl groups excluding tert-OH is 1. The van der Waals surface area contributed by atoms with Crippen molar-refractivity contribution < 1.29 is 24.1 Å². The van der Waals surface area contributed by atoms with Gasteiger partial charge in [0.15, 0.2) is 0 Å². The number of aliphatic hydroxyl groups is 1. The number of ether oxygens (including phenoxy) is 3. The van der Waals surface area contributed by atoms with Gasteiger partial charge in [-0.05, 0) is 82.8 Å². The topological polar surface area (TPSA) is 89.9 Å². The van der Waals surface area contributed by atoms with Crippen molar-refractivity contribution >= 4 is 23.1 Å². The molecule has 3 aromatic rings. The SMILES string of the molecule is COc1ccc2c(c1)C(CC(=O)NCc1ccccn1)=C(C)/C2=C/c1cc(OC)c(CO)c(OC)c1. The number of nitrogens with one attached hydrogen (secondary N) is 1. The van der Waals surface area contributed by atoms with E-state index >= 15 is 0 Å². The molecular formula is C29H30N2O5. The second-order valence-electron chi connectivity index (χ2n) is 8.41. The Bertz CT molecular complexity index is 1300. The molecule has 1 aromatic heterocycles. The van der Waals surface area contributed by atoms with Crippen LogP contribution in [0.5, 0.6) is 17.2 Å². The lowest BCUT2D eigenvalue weighted by Gasteiger charge is -2.13. The summed E-state index contributed by atoms with van der Waals surface area (Å²) in [4.78, 5) is 17.2. The van der Waals surface area contributed by atoms with Gasteiger partial charge in [0, 0.05) is 6.20 Å². The number of fused-ring (bicyclic) bond motifs is 1. The van der Waals surface area contributed by atoms with Crippen LogP contribution in [0.25, 0.3) is 17.2 Å².